The molecule has 1 fully saturated rings. The molecule has 3 heteroatoms. The number of hydrogen-bond donors (Lipinski definition) is 1. The number of hydrogen-bond acceptors (Lipinski definition) is 3. The highest BCUT2D eigenvalue weighted by Gasteiger charge is 2.35. The second kappa shape index (κ2) is 6.15. The molecule has 0 bridgehead atoms. The van der Waals surface area contributed by atoms with Crippen molar-refractivity contribution in [3.63, 3.8) is 0 Å². The predicted octanol–water partition coefficient (Wildman–Crippen LogP) is 4.43. The number of nitrogens with zero attached hydrogens (tertiary/aromatic N) is 1. The van der Waals surface area contributed by atoms with E-state index in [1.165, 1.54) is 68.5 Å². The summed E-state index contributed by atoms with van der Waals surface area (Å²) < 4.78 is 0. The SMILES string of the molecule is CCCNC(C)(CC1CCC1)c1nc2c(s1)CCCC2. The lowest BCUT2D eigenvalue weighted by Crippen LogP contribution is -2.42. The molecule has 1 unspecified atom stereocenters. The maximum atomic E-state index is 5.04. The molecule has 2 nitrogen and oxygen atoms in total. The van der Waals surface area contributed by atoms with Gasteiger partial charge in [-0.25, -0.2) is 4.98 Å². The van der Waals surface area contributed by atoms with Crippen LogP contribution in [0.2, 0.25) is 0 Å². The normalized spacial score (nSPS) is 22.1. The van der Waals surface area contributed by atoms with Gasteiger partial charge in [-0.05, 0) is 57.9 Å². The van der Waals surface area contributed by atoms with Crippen molar-refractivity contribution < 1.29 is 0 Å². The van der Waals surface area contributed by atoms with Crippen molar-refractivity contribution in [1.29, 1.82) is 0 Å². The van der Waals surface area contributed by atoms with E-state index in [1.54, 1.807) is 4.88 Å². The molecule has 1 N–H and O–H groups in total. The molecule has 0 radical (unpaired) electrons. The first-order valence-corrected chi connectivity index (χ1v) is 9.27. The van der Waals surface area contributed by atoms with Gasteiger partial charge in [0.05, 0.1) is 11.2 Å². The van der Waals surface area contributed by atoms with Crippen molar-refractivity contribution in [2.45, 2.75) is 77.2 Å². The fourth-order valence-corrected chi connectivity index (χ4v) is 4.78. The third-order valence-corrected chi connectivity index (χ3v) is 6.43. The van der Waals surface area contributed by atoms with E-state index in [9.17, 15) is 0 Å². The Hall–Kier alpha value is -0.410. The van der Waals surface area contributed by atoms with Gasteiger partial charge in [0.25, 0.3) is 0 Å². The van der Waals surface area contributed by atoms with E-state index in [2.05, 4.69) is 19.2 Å². The molecule has 0 amide bonds. The molecule has 1 aromatic heterocycles. The Bertz CT molecular complexity index is 426. The minimum Gasteiger partial charge on any atom is -0.306 e. The van der Waals surface area contributed by atoms with Crippen LogP contribution in [0, 0.1) is 5.92 Å². The number of thiazole rings is 1. The van der Waals surface area contributed by atoms with Crippen molar-refractivity contribution in [2.24, 2.45) is 5.92 Å². The minimum atomic E-state index is 0.114. The summed E-state index contributed by atoms with van der Waals surface area (Å²) in [6.45, 7) is 5.75. The van der Waals surface area contributed by atoms with Gasteiger partial charge in [0, 0.05) is 4.88 Å². The number of rotatable bonds is 6. The highest BCUT2D eigenvalue weighted by molar-refractivity contribution is 7.11. The van der Waals surface area contributed by atoms with Crippen LogP contribution in [0.5, 0.6) is 0 Å². The maximum absolute atomic E-state index is 5.04. The van der Waals surface area contributed by atoms with Crippen LogP contribution < -0.4 is 5.32 Å². The molecular weight excluding hydrogens is 264 g/mol. The summed E-state index contributed by atoms with van der Waals surface area (Å²) in [7, 11) is 0. The van der Waals surface area contributed by atoms with E-state index < -0.39 is 0 Å². The molecule has 3 rings (SSSR count). The van der Waals surface area contributed by atoms with E-state index >= 15 is 0 Å². The van der Waals surface area contributed by atoms with Crippen LogP contribution in [0.4, 0.5) is 0 Å². The Morgan fingerprint density at radius 3 is 2.70 bits per heavy atom. The summed E-state index contributed by atoms with van der Waals surface area (Å²) in [6, 6.07) is 0. The number of aryl methyl sites for hydroxylation is 2. The minimum absolute atomic E-state index is 0.114. The predicted molar refractivity (Wildman–Crippen MR) is 86.4 cm³/mol. The lowest BCUT2D eigenvalue weighted by molar-refractivity contribution is 0.203. The summed E-state index contributed by atoms with van der Waals surface area (Å²) in [6.07, 6.45) is 11.9. The zero-order valence-electron chi connectivity index (χ0n) is 13.0. The van der Waals surface area contributed by atoms with Crippen molar-refractivity contribution in [3.8, 4) is 0 Å². The second-order valence-corrected chi connectivity index (χ2v) is 7.94. The highest BCUT2D eigenvalue weighted by atomic mass is 32.1. The molecule has 0 saturated heterocycles. The quantitative estimate of drug-likeness (QED) is 0.839. The molecule has 112 valence electrons. The van der Waals surface area contributed by atoms with Gasteiger partial charge in [0.2, 0.25) is 0 Å². The Morgan fingerprint density at radius 1 is 1.25 bits per heavy atom. The van der Waals surface area contributed by atoms with Crippen LogP contribution in [-0.2, 0) is 18.4 Å². The number of aromatic nitrogens is 1. The van der Waals surface area contributed by atoms with Crippen molar-refractivity contribution in [2.75, 3.05) is 6.54 Å². The Morgan fingerprint density at radius 2 is 2.05 bits per heavy atom. The third-order valence-electron chi connectivity index (χ3n) is 5.00. The molecule has 2 aliphatic rings. The van der Waals surface area contributed by atoms with Crippen molar-refractivity contribution in [3.05, 3.63) is 15.6 Å². The van der Waals surface area contributed by atoms with Gasteiger partial charge < -0.3 is 5.32 Å². The van der Waals surface area contributed by atoms with Gasteiger partial charge in [-0.3, -0.25) is 0 Å². The van der Waals surface area contributed by atoms with Crippen molar-refractivity contribution >= 4 is 11.3 Å². The standard InChI is InChI=1S/C17H28N2S/c1-3-11-18-17(2,12-13-7-6-8-13)16-19-14-9-4-5-10-15(14)20-16/h13,18H,3-12H2,1-2H3. The van der Waals surface area contributed by atoms with E-state index in [-0.39, 0.29) is 5.54 Å². The van der Waals surface area contributed by atoms with Crippen LogP contribution >= 0.6 is 11.3 Å². The summed E-state index contributed by atoms with van der Waals surface area (Å²) >= 11 is 2.00. The van der Waals surface area contributed by atoms with Crippen LogP contribution in [0.25, 0.3) is 0 Å². The zero-order valence-corrected chi connectivity index (χ0v) is 13.8. The average Bonchev–Trinajstić information content (AvgIpc) is 2.85. The van der Waals surface area contributed by atoms with Gasteiger partial charge in [-0.2, -0.15) is 0 Å². The lowest BCUT2D eigenvalue weighted by Gasteiger charge is -2.36. The van der Waals surface area contributed by atoms with Gasteiger partial charge in [-0.15, -0.1) is 11.3 Å². The Kier molecular flexibility index (Phi) is 4.46. The van der Waals surface area contributed by atoms with Crippen molar-refractivity contribution in [1.82, 2.24) is 10.3 Å². The molecule has 1 saturated carbocycles. The first-order valence-electron chi connectivity index (χ1n) is 8.45. The average molecular weight is 292 g/mol. The summed E-state index contributed by atoms with van der Waals surface area (Å²) in [5, 5.41) is 5.18. The van der Waals surface area contributed by atoms with Crippen LogP contribution in [-0.4, -0.2) is 11.5 Å². The third kappa shape index (κ3) is 2.94. The first kappa shape index (κ1) is 14.5. The fraction of sp³-hybridized carbons (Fsp3) is 0.824. The fourth-order valence-electron chi connectivity index (χ4n) is 3.50. The maximum Gasteiger partial charge on any atom is 0.113 e. The molecule has 0 aromatic carbocycles. The largest absolute Gasteiger partial charge is 0.306 e. The molecule has 1 atom stereocenters. The van der Waals surface area contributed by atoms with Crippen LogP contribution in [0.1, 0.15) is 74.4 Å². The van der Waals surface area contributed by atoms with Gasteiger partial charge >= 0.3 is 0 Å². The number of nitrogens with one attached hydrogen (secondary N) is 1. The Labute approximate surface area is 127 Å². The van der Waals surface area contributed by atoms with Crippen LogP contribution in [0.15, 0.2) is 0 Å². The smallest absolute Gasteiger partial charge is 0.113 e. The highest BCUT2D eigenvalue weighted by Crippen LogP contribution is 2.40. The van der Waals surface area contributed by atoms with Gasteiger partial charge in [0.1, 0.15) is 5.01 Å². The van der Waals surface area contributed by atoms with E-state index in [0.717, 1.165) is 12.5 Å². The van der Waals surface area contributed by atoms with E-state index in [0.29, 0.717) is 0 Å². The van der Waals surface area contributed by atoms with Crippen LogP contribution in [0.3, 0.4) is 0 Å². The summed E-state index contributed by atoms with van der Waals surface area (Å²) in [5.41, 5.74) is 1.53. The van der Waals surface area contributed by atoms with E-state index in [4.69, 9.17) is 4.98 Å². The number of fused-ring (bicyclic) bond motifs is 1. The molecule has 0 spiro atoms. The first-order chi connectivity index (χ1) is 9.71. The molecule has 1 heterocycles. The summed E-state index contributed by atoms with van der Waals surface area (Å²) in [4.78, 5) is 6.62. The topological polar surface area (TPSA) is 24.9 Å². The zero-order chi connectivity index (χ0) is 14.0. The molecule has 0 aliphatic heterocycles. The van der Waals surface area contributed by atoms with E-state index in [1.807, 2.05) is 11.3 Å². The van der Waals surface area contributed by atoms with Gasteiger partial charge in [-0.1, -0.05) is 26.2 Å². The molecule has 2 aliphatic carbocycles. The Balaban J connectivity index is 1.80. The molecule has 1 aromatic rings. The lowest BCUT2D eigenvalue weighted by atomic mass is 9.76. The monoisotopic (exact) mass is 292 g/mol. The second-order valence-electron chi connectivity index (χ2n) is 6.86. The summed E-state index contributed by atoms with van der Waals surface area (Å²) in [5.74, 6) is 0.922. The molecular formula is C17H28N2S. The van der Waals surface area contributed by atoms with Gasteiger partial charge in [0.15, 0.2) is 0 Å². The molecule has 20 heavy (non-hydrogen) atoms.